The number of rotatable bonds is 1. The summed E-state index contributed by atoms with van der Waals surface area (Å²) in [5.41, 5.74) is 0.633. The maximum atomic E-state index is 6.04. The van der Waals surface area contributed by atoms with E-state index in [4.69, 9.17) is 39.1 Å². The minimum absolute atomic E-state index is 0.205. The van der Waals surface area contributed by atoms with Crippen LogP contribution in [0.4, 0.5) is 5.69 Å². The Hall–Kier alpha value is -1.24. The number of nitrogens with zero attached hydrogens (tertiary/aromatic N) is 1. The third-order valence-electron chi connectivity index (χ3n) is 2.02. The van der Waals surface area contributed by atoms with Crippen LogP contribution in [0.1, 0.15) is 0 Å². The molecular weight excluding hydrogens is 250 g/mol. The summed E-state index contributed by atoms with van der Waals surface area (Å²) < 4.78 is 10.4. The van der Waals surface area contributed by atoms with Gasteiger partial charge in [-0.05, 0) is 12.2 Å². The standard InChI is InChI=1S/C9H10ClN3O2S/c1-13(11)9(16)12-6-3-8-7(2-5(6)10)14-4-15-8/h2-3H,4,11H2,1H3,(H,12,16). The van der Waals surface area contributed by atoms with Crippen molar-refractivity contribution in [1.82, 2.24) is 5.01 Å². The average Bonchev–Trinajstić information content (AvgIpc) is 2.65. The molecule has 0 fully saturated rings. The van der Waals surface area contributed by atoms with Crippen LogP contribution >= 0.6 is 23.8 Å². The quantitative estimate of drug-likeness (QED) is 0.454. The number of hydrazine groups is 1. The van der Waals surface area contributed by atoms with Crippen molar-refractivity contribution in [2.75, 3.05) is 19.2 Å². The molecule has 3 N–H and O–H groups in total. The van der Waals surface area contributed by atoms with Crippen molar-refractivity contribution in [3.63, 3.8) is 0 Å². The number of thiocarbonyl (C=S) groups is 1. The monoisotopic (exact) mass is 259 g/mol. The molecule has 7 heteroatoms. The summed E-state index contributed by atoms with van der Waals surface area (Å²) in [7, 11) is 1.64. The Morgan fingerprint density at radius 3 is 2.75 bits per heavy atom. The normalized spacial score (nSPS) is 12.4. The van der Waals surface area contributed by atoms with Gasteiger partial charge < -0.3 is 14.8 Å². The number of nitrogens with two attached hydrogens (primary N) is 1. The van der Waals surface area contributed by atoms with Crippen molar-refractivity contribution in [2.24, 2.45) is 5.84 Å². The predicted octanol–water partition coefficient (Wildman–Crippen LogP) is 1.57. The molecule has 0 atom stereocenters. The molecular formula is C9H10ClN3O2S. The number of hydrogen-bond acceptors (Lipinski definition) is 4. The lowest BCUT2D eigenvalue weighted by atomic mass is 10.3. The Bertz CT molecular complexity index is 439. The molecule has 0 bridgehead atoms. The zero-order valence-electron chi connectivity index (χ0n) is 8.49. The first-order chi connectivity index (χ1) is 7.58. The highest BCUT2D eigenvalue weighted by atomic mass is 35.5. The van der Waals surface area contributed by atoms with Gasteiger partial charge in [0.2, 0.25) is 6.79 Å². The van der Waals surface area contributed by atoms with Gasteiger partial charge in [-0.3, -0.25) is 5.01 Å². The Morgan fingerprint density at radius 2 is 2.12 bits per heavy atom. The van der Waals surface area contributed by atoms with Crippen LogP contribution in [-0.2, 0) is 0 Å². The van der Waals surface area contributed by atoms with E-state index >= 15 is 0 Å². The molecule has 5 nitrogen and oxygen atoms in total. The molecule has 0 spiro atoms. The van der Waals surface area contributed by atoms with Crippen LogP contribution in [-0.4, -0.2) is 24.0 Å². The molecule has 86 valence electrons. The van der Waals surface area contributed by atoms with E-state index in [2.05, 4.69) is 5.32 Å². The molecule has 1 aromatic carbocycles. The molecule has 1 heterocycles. The van der Waals surface area contributed by atoms with Gasteiger partial charge in [0.15, 0.2) is 16.6 Å². The summed E-state index contributed by atoms with van der Waals surface area (Å²) in [4.78, 5) is 0. The van der Waals surface area contributed by atoms with E-state index in [9.17, 15) is 0 Å². The molecule has 1 aliphatic heterocycles. The van der Waals surface area contributed by atoms with Crippen LogP contribution in [0.3, 0.4) is 0 Å². The third-order valence-corrected chi connectivity index (χ3v) is 2.73. The zero-order chi connectivity index (χ0) is 11.7. The van der Waals surface area contributed by atoms with Gasteiger partial charge in [-0.15, -0.1) is 0 Å². The summed E-state index contributed by atoms with van der Waals surface area (Å²) >= 11 is 11.0. The van der Waals surface area contributed by atoms with Crippen LogP contribution in [0.15, 0.2) is 12.1 Å². The van der Waals surface area contributed by atoms with E-state index in [1.807, 2.05) is 0 Å². The van der Waals surface area contributed by atoms with Crippen molar-refractivity contribution >= 4 is 34.6 Å². The molecule has 0 saturated heterocycles. The fourth-order valence-electron chi connectivity index (χ4n) is 1.22. The lowest BCUT2D eigenvalue weighted by Gasteiger charge is -2.16. The molecule has 0 aromatic heterocycles. The topological polar surface area (TPSA) is 59.8 Å². The maximum absolute atomic E-state index is 6.04. The van der Waals surface area contributed by atoms with Gasteiger partial charge in [-0.25, -0.2) is 5.84 Å². The van der Waals surface area contributed by atoms with E-state index in [1.54, 1.807) is 19.2 Å². The number of benzene rings is 1. The molecule has 1 aromatic rings. The molecule has 0 amide bonds. The largest absolute Gasteiger partial charge is 0.454 e. The van der Waals surface area contributed by atoms with Gasteiger partial charge in [-0.1, -0.05) is 11.6 Å². The zero-order valence-corrected chi connectivity index (χ0v) is 10.1. The van der Waals surface area contributed by atoms with E-state index in [0.717, 1.165) is 0 Å². The highest BCUT2D eigenvalue weighted by Gasteiger charge is 2.17. The van der Waals surface area contributed by atoms with Crippen molar-refractivity contribution in [3.8, 4) is 11.5 Å². The van der Waals surface area contributed by atoms with Gasteiger partial charge in [0.05, 0.1) is 10.7 Å². The second-order valence-electron chi connectivity index (χ2n) is 3.23. The van der Waals surface area contributed by atoms with Crippen LogP contribution in [0.2, 0.25) is 5.02 Å². The molecule has 0 radical (unpaired) electrons. The highest BCUT2D eigenvalue weighted by Crippen LogP contribution is 2.39. The first-order valence-corrected chi connectivity index (χ1v) is 5.25. The lowest BCUT2D eigenvalue weighted by molar-refractivity contribution is 0.174. The van der Waals surface area contributed by atoms with E-state index < -0.39 is 0 Å². The van der Waals surface area contributed by atoms with Crippen LogP contribution < -0.4 is 20.6 Å². The summed E-state index contributed by atoms with van der Waals surface area (Å²) in [6, 6.07) is 3.39. The Kier molecular flexibility index (Phi) is 3.04. The Labute approximate surface area is 103 Å². The SMILES string of the molecule is CN(N)C(=S)Nc1cc2c(cc1Cl)OCO2. The third kappa shape index (κ3) is 2.13. The second-order valence-corrected chi connectivity index (χ2v) is 4.02. The molecule has 1 aliphatic rings. The number of nitrogens with one attached hydrogen (secondary N) is 1. The van der Waals surface area contributed by atoms with Crippen molar-refractivity contribution < 1.29 is 9.47 Å². The lowest BCUT2D eigenvalue weighted by Crippen LogP contribution is -2.36. The minimum atomic E-state index is 0.205. The van der Waals surface area contributed by atoms with Crippen molar-refractivity contribution in [1.29, 1.82) is 0 Å². The number of halogens is 1. The second kappa shape index (κ2) is 4.32. The fourth-order valence-corrected chi connectivity index (χ4v) is 1.53. The first-order valence-electron chi connectivity index (χ1n) is 4.46. The van der Waals surface area contributed by atoms with E-state index in [1.165, 1.54) is 5.01 Å². The fraction of sp³-hybridized carbons (Fsp3) is 0.222. The summed E-state index contributed by atoms with van der Waals surface area (Å²) in [6.07, 6.45) is 0. The van der Waals surface area contributed by atoms with Gasteiger partial charge >= 0.3 is 0 Å². The summed E-state index contributed by atoms with van der Waals surface area (Å²) in [5, 5.41) is 5.05. The van der Waals surface area contributed by atoms with Crippen LogP contribution in [0.25, 0.3) is 0 Å². The smallest absolute Gasteiger partial charge is 0.231 e. The van der Waals surface area contributed by atoms with Crippen molar-refractivity contribution in [2.45, 2.75) is 0 Å². The highest BCUT2D eigenvalue weighted by molar-refractivity contribution is 7.80. The van der Waals surface area contributed by atoms with E-state index in [-0.39, 0.29) is 6.79 Å². The van der Waals surface area contributed by atoms with Crippen molar-refractivity contribution in [3.05, 3.63) is 17.2 Å². The van der Waals surface area contributed by atoms with E-state index in [0.29, 0.717) is 27.3 Å². The first kappa shape index (κ1) is 11.3. The number of ether oxygens (including phenoxy) is 2. The Morgan fingerprint density at radius 1 is 1.50 bits per heavy atom. The molecule has 2 rings (SSSR count). The van der Waals surface area contributed by atoms with Gasteiger partial charge in [-0.2, -0.15) is 0 Å². The molecule has 0 aliphatic carbocycles. The average molecular weight is 260 g/mol. The number of anilines is 1. The summed E-state index contributed by atoms with van der Waals surface area (Å²) in [5.74, 6) is 6.74. The Balaban J connectivity index is 2.25. The number of hydrogen-bond donors (Lipinski definition) is 2. The summed E-state index contributed by atoms with van der Waals surface area (Å²) in [6.45, 7) is 0.205. The maximum Gasteiger partial charge on any atom is 0.231 e. The van der Waals surface area contributed by atoms with Gasteiger partial charge in [0, 0.05) is 19.2 Å². The van der Waals surface area contributed by atoms with Crippen LogP contribution in [0, 0.1) is 0 Å². The predicted molar refractivity (Wildman–Crippen MR) is 65.7 cm³/mol. The van der Waals surface area contributed by atoms with Gasteiger partial charge in [0.25, 0.3) is 0 Å². The van der Waals surface area contributed by atoms with Gasteiger partial charge in [0.1, 0.15) is 0 Å². The molecule has 16 heavy (non-hydrogen) atoms. The molecule has 0 saturated carbocycles. The minimum Gasteiger partial charge on any atom is -0.454 e. The van der Waals surface area contributed by atoms with Crippen LogP contribution in [0.5, 0.6) is 11.5 Å². The number of fused-ring (bicyclic) bond motifs is 1. The molecule has 0 unspecified atom stereocenters.